The van der Waals surface area contributed by atoms with E-state index in [9.17, 15) is 13.6 Å². The van der Waals surface area contributed by atoms with Crippen LogP contribution in [0.15, 0.2) is 48.5 Å². The van der Waals surface area contributed by atoms with Crippen molar-refractivity contribution in [3.05, 3.63) is 65.2 Å². The van der Waals surface area contributed by atoms with Gasteiger partial charge in [-0.2, -0.15) is 0 Å². The van der Waals surface area contributed by atoms with E-state index in [1.807, 2.05) is 24.3 Å². The molecule has 1 atom stereocenters. The van der Waals surface area contributed by atoms with Gasteiger partial charge in [0, 0.05) is 17.8 Å². The van der Waals surface area contributed by atoms with Crippen molar-refractivity contribution < 1.29 is 13.6 Å². The fourth-order valence-corrected chi connectivity index (χ4v) is 2.62. The standard InChI is InChI=1S/C17H16F2N2O.ClH/c18-16(19)12-6-3-7-14(8-12)21-17(22)15-9-11-4-1-2-5-13(11)10-20-15;/h1-8,15-16,20H,9-10H2,(H,21,22);1H. The fourth-order valence-electron chi connectivity index (χ4n) is 2.62. The van der Waals surface area contributed by atoms with Gasteiger partial charge in [-0.25, -0.2) is 8.78 Å². The third kappa shape index (κ3) is 4.06. The van der Waals surface area contributed by atoms with Crippen molar-refractivity contribution in [2.45, 2.75) is 25.4 Å². The Labute approximate surface area is 139 Å². The Morgan fingerprint density at radius 1 is 1.13 bits per heavy atom. The first kappa shape index (κ1) is 17.4. The van der Waals surface area contributed by atoms with Gasteiger partial charge in [0.05, 0.1) is 6.04 Å². The van der Waals surface area contributed by atoms with Gasteiger partial charge in [-0.15, -0.1) is 12.4 Å². The number of nitrogens with one attached hydrogen (secondary N) is 2. The van der Waals surface area contributed by atoms with Crippen LogP contribution in [0.25, 0.3) is 0 Å². The Morgan fingerprint density at radius 3 is 2.61 bits per heavy atom. The Hall–Kier alpha value is -1.98. The summed E-state index contributed by atoms with van der Waals surface area (Å²) in [5.74, 6) is -0.207. The summed E-state index contributed by atoms with van der Waals surface area (Å²) in [6.45, 7) is 0.630. The summed E-state index contributed by atoms with van der Waals surface area (Å²) in [7, 11) is 0. The molecule has 0 saturated heterocycles. The van der Waals surface area contributed by atoms with Crippen LogP contribution in [0.1, 0.15) is 23.1 Å². The van der Waals surface area contributed by atoms with Crippen LogP contribution in [-0.2, 0) is 17.8 Å². The molecule has 1 unspecified atom stereocenters. The molecule has 0 radical (unpaired) electrons. The van der Waals surface area contributed by atoms with E-state index in [1.165, 1.54) is 23.8 Å². The normalized spacial score (nSPS) is 16.4. The number of anilines is 1. The molecule has 0 bridgehead atoms. The first-order valence-corrected chi connectivity index (χ1v) is 7.12. The Morgan fingerprint density at radius 2 is 1.87 bits per heavy atom. The molecule has 0 spiro atoms. The molecule has 2 N–H and O–H groups in total. The molecule has 1 aliphatic rings. The molecule has 3 rings (SSSR count). The van der Waals surface area contributed by atoms with E-state index in [0.29, 0.717) is 18.7 Å². The number of halogens is 3. The minimum atomic E-state index is -2.54. The van der Waals surface area contributed by atoms with Gasteiger partial charge in [0.15, 0.2) is 0 Å². The molecule has 1 amide bonds. The number of benzene rings is 2. The van der Waals surface area contributed by atoms with Crippen LogP contribution < -0.4 is 10.6 Å². The van der Waals surface area contributed by atoms with Gasteiger partial charge in [0.2, 0.25) is 5.91 Å². The number of fused-ring (bicyclic) bond motifs is 1. The molecular formula is C17H17ClF2N2O. The second-order valence-electron chi connectivity index (χ2n) is 5.32. The smallest absolute Gasteiger partial charge is 0.263 e. The van der Waals surface area contributed by atoms with Crippen molar-refractivity contribution in [1.82, 2.24) is 5.32 Å². The summed E-state index contributed by atoms with van der Waals surface area (Å²) >= 11 is 0. The molecule has 0 aromatic heterocycles. The Bertz CT molecular complexity index is 694. The monoisotopic (exact) mass is 338 g/mol. The molecule has 0 saturated carbocycles. The van der Waals surface area contributed by atoms with Gasteiger partial charge < -0.3 is 10.6 Å². The first-order chi connectivity index (χ1) is 10.6. The summed E-state index contributed by atoms with van der Waals surface area (Å²) in [5.41, 5.74) is 2.62. The Balaban J connectivity index is 0.00000192. The minimum absolute atomic E-state index is 0. The lowest BCUT2D eigenvalue weighted by molar-refractivity contribution is -0.118. The highest BCUT2D eigenvalue weighted by atomic mass is 35.5. The number of amides is 1. The van der Waals surface area contributed by atoms with E-state index < -0.39 is 6.43 Å². The van der Waals surface area contributed by atoms with Crippen LogP contribution >= 0.6 is 12.4 Å². The lowest BCUT2D eigenvalue weighted by Crippen LogP contribution is -2.44. The summed E-state index contributed by atoms with van der Waals surface area (Å²) in [5, 5.41) is 5.88. The van der Waals surface area contributed by atoms with Crippen molar-refractivity contribution in [1.29, 1.82) is 0 Å². The lowest BCUT2D eigenvalue weighted by Gasteiger charge is -2.25. The Kier molecular flexibility index (Phi) is 5.69. The molecule has 6 heteroatoms. The van der Waals surface area contributed by atoms with E-state index in [2.05, 4.69) is 10.6 Å². The largest absolute Gasteiger partial charge is 0.325 e. The van der Waals surface area contributed by atoms with Gasteiger partial charge in [0.1, 0.15) is 0 Å². The van der Waals surface area contributed by atoms with Crippen LogP contribution in [0.5, 0.6) is 0 Å². The molecular weight excluding hydrogens is 322 g/mol. The SMILES string of the molecule is Cl.O=C(Nc1cccc(C(F)F)c1)C1Cc2ccccc2CN1. The molecule has 3 nitrogen and oxygen atoms in total. The van der Waals surface area contributed by atoms with Gasteiger partial charge in [-0.1, -0.05) is 36.4 Å². The second kappa shape index (κ2) is 7.53. The highest BCUT2D eigenvalue weighted by Gasteiger charge is 2.24. The predicted octanol–water partition coefficient (Wildman–Crippen LogP) is 3.70. The number of carbonyl (C=O) groups is 1. The summed E-state index contributed by atoms with van der Waals surface area (Å²) in [6.07, 6.45) is -1.95. The third-order valence-electron chi connectivity index (χ3n) is 3.80. The van der Waals surface area contributed by atoms with Crippen molar-refractivity contribution in [3.8, 4) is 0 Å². The summed E-state index contributed by atoms with van der Waals surface area (Å²) < 4.78 is 25.4. The number of carbonyl (C=O) groups excluding carboxylic acids is 1. The minimum Gasteiger partial charge on any atom is -0.325 e. The summed E-state index contributed by atoms with van der Waals surface area (Å²) in [6, 6.07) is 13.4. The van der Waals surface area contributed by atoms with Gasteiger partial charge in [-0.3, -0.25) is 4.79 Å². The van der Waals surface area contributed by atoms with E-state index >= 15 is 0 Å². The maximum atomic E-state index is 12.7. The maximum Gasteiger partial charge on any atom is 0.263 e. The third-order valence-corrected chi connectivity index (χ3v) is 3.80. The van der Waals surface area contributed by atoms with Gasteiger partial charge in [0.25, 0.3) is 6.43 Å². The molecule has 1 aliphatic heterocycles. The zero-order valence-corrected chi connectivity index (χ0v) is 13.1. The zero-order valence-electron chi connectivity index (χ0n) is 12.3. The first-order valence-electron chi connectivity index (χ1n) is 7.12. The molecule has 122 valence electrons. The van der Waals surface area contributed by atoms with Crippen LogP contribution in [0.3, 0.4) is 0 Å². The maximum absolute atomic E-state index is 12.7. The van der Waals surface area contributed by atoms with Crippen LogP contribution in [0, 0.1) is 0 Å². The predicted molar refractivity (Wildman–Crippen MR) is 88.1 cm³/mol. The van der Waals surface area contributed by atoms with Gasteiger partial charge in [-0.05, 0) is 29.7 Å². The molecule has 23 heavy (non-hydrogen) atoms. The highest BCUT2D eigenvalue weighted by Crippen LogP contribution is 2.22. The fraction of sp³-hybridized carbons (Fsp3) is 0.235. The van der Waals surface area contributed by atoms with Crippen molar-refractivity contribution in [3.63, 3.8) is 0 Å². The molecule has 0 aliphatic carbocycles. The van der Waals surface area contributed by atoms with Crippen LogP contribution in [-0.4, -0.2) is 11.9 Å². The summed E-state index contributed by atoms with van der Waals surface area (Å²) in [4.78, 5) is 12.3. The van der Waals surface area contributed by atoms with E-state index in [-0.39, 0.29) is 29.9 Å². The van der Waals surface area contributed by atoms with E-state index in [0.717, 1.165) is 5.56 Å². The quantitative estimate of drug-likeness (QED) is 0.896. The molecule has 1 heterocycles. The topological polar surface area (TPSA) is 41.1 Å². The molecule has 2 aromatic carbocycles. The highest BCUT2D eigenvalue weighted by molar-refractivity contribution is 5.95. The van der Waals surface area contributed by atoms with Crippen molar-refractivity contribution in [2.75, 3.05) is 5.32 Å². The average molecular weight is 339 g/mol. The van der Waals surface area contributed by atoms with Crippen LogP contribution in [0.4, 0.5) is 14.5 Å². The zero-order chi connectivity index (χ0) is 15.5. The van der Waals surface area contributed by atoms with Crippen molar-refractivity contribution >= 4 is 24.0 Å². The number of hydrogen-bond donors (Lipinski definition) is 2. The van der Waals surface area contributed by atoms with Gasteiger partial charge >= 0.3 is 0 Å². The average Bonchev–Trinajstić information content (AvgIpc) is 2.54. The molecule has 2 aromatic rings. The lowest BCUT2D eigenvalue weighted by atomic mass is 9.95. The van der Waals surface area contributed by atoms with E-state index in [1.54, 1.807) is 6.07 Å². The van der Waals surface area contributed by atoms with E-state index in [4.69, 9.17) is 0 Å². The number of hydrogen-bond acceptors (Lipinski definition) is 2. The second-order valence-corrected chi connectivity index (χ2v) is 5.32. The number of alkyl halides is 2. The molecule has 0 fully saturated rings. The number of rotatable bonds is 3. The van der Waals surface area contributed by atoms with Crippen LogP contribution in [0.2, 0.25) is 0 Å². The van der Waals surface area contributed by atoms with Crippen molar-refractivity contribution in [2.24, 2.45) is 0 Å².